The van der Waals surface area contributed by atoms with Crippen LogP contribution >= 0.6 is 23.4 Å². The van der Waals surface area contributed by atoms with Crippen molar-refractivity contribution in [2.24, 2.45) is 0 Å². The quantitative estimate of drug-likeness (QED) is 0.749. The summed E-state index contributed by atoms with van der Waals surface area (Å²) in [5, 5.41) is 0.364. The van der Waals surface area contributed by atoms with Crippen LogP contribution in [0.25, 0.3) is 6.08 Å². The number of amides is 2. The Labute approximate surface area is 149 Å². The molecule has 1 fully saturated rings. The molecular formula is C18H14ClNO3S. The van der Waals surface area contributed by atoms with E-state index in [1.165, 1.54) is 7.05 Å². The number of para-hydroxylation sites is 1. The van der Waals surface area contributed by atoms with Crippen LogP contribution in [0.2, 0.25) is 5.02 Å². The largest absolute Gasteiger partial charge is 0.488 e. The van der Waals surface area contributed by atoms with Crippen LogP contribution < -0.4 is 4.74 Å². The summed E-state index contributed by atoms with van der Waals surface area (Å²) >= 11 is 7.06. The van der Waals surface area contributed by atoms with Crippen molar-refractivity contribution in [3.05, 3.63) is 69.6 Å². The van der Waals surface area contributed by atoms with Gasteiger partial charge in [-0.3, -0.25) is 14.5 Å². The van der Waals surface area contributed by atoms with E-state index in [0.717, 1.165) is 27.8 Å². The number of rotatable bonds is 4. The molecule has 1 heterocycles. The molecule has 0 saturated carbocycles. The highest BCUT2D eigenvalue weighted by atomic mass is 35.5. The molecule has 2 aromatic rings. The van der Waals surface area contributed by atoms with Crippen molar-refractivity contribution in [2.75, 3.05) is 7.05 Å². The fourth-order valence-electron chi connectivity index (χ4n) is 2.19. The Bertz CT molecular complexity index is 835. The van der Waals surface area contributed by atoms with Gasteiger partial charge in [0.1, 0.15) is 12.4 Å². The van der Waals surface area contributed by atoms with E-state index in [2.05, 4.69) is 0 Å². The van der Waals surface area contributed by atoms with E-state index in [1.807, 2.05) is 48.5 Å². The number of benzene rings is 2. The van der Waals surface area contributed by atoms with Crippen molar-refractivity contribution in [1.29, 1.82) is 0 Å². The second-order valence-corrected chi connectivity index (χ2v) is 6.56. The van der Waals surface area contributed by atoms with E-state index in [1.54, 1.807) is 6.08 Å². The minimum atomic E-state index is -0.300. The standard InChI is InChI=1S/C18H14ClNO3S/c1-20-17(21)16(24-18(20)22)10-12-6-3-5-9-15(12)23-11-13-7-2-4-8-14(13)19/h2-10H,11H2,1H3/b16-10-. The first kappa shape index (κ1) is 16.6. The van der Waals surface area contributed by atoms with Crippen LogP contribution in [0, 0.1) is 0 Å². The van der Waals surface area contributed by atoms with Gasteiger partial charge in [-0.05, 0) is 30.0 Å². The number of ether oxygens (including phenoxy) is 1. The number of imide groups is 1. The molecule has 0 spiro atoms. The summed E-state index contributed by atoms with van der Waals surface area (Å²) in [4.78, 5) is 25.1. The number of carbonyl (C=O) groups excluding carboxylic acids is 2. The number of carbonyl (C=O) groups is 2. The van der Waals surface area contributed by atoms with Gasteiger partial charge >= 0.3 is 0 Å². The highest BCUT2D eigenvalue weighted by Gasteiger charge is 2.31. The minimum absolute atomic E-state index is 0.277. The number of likely N-dealkylation sites (N-methyl/N-ethyl adjacent to an activating group) is 1. The average Bonchev–Trinajstić information content (AvgIpc) is 2.82. The van der Waals surface area contributed by atoms with Crippen LogP contribution in [0.3, 0.4) is 0 Å². The second-order valence-electron chi connectivity index (χ2n) is 5.16. The van der Waals surface area contributed by atoms with Gasteiger partial charge < -0.3 is 4.74 Å². The zero-order valence-corrected chi connectivity index (χ0v) is 14.4. The lowest BCUT2D eigenvalue weighted by Gasteiger charge is -2.10. The summed E-state index contributed by atoms with van der Waals surface area (Å²) in [5.41, 5.74) is 1.62. The average molecular weight is 360 g/mol. The molecule has 0 aromatic heterocycles. The second kappa shape index (κ2) is 7.11. The van der Waals surface area contributed by atoms with Gasteiger partial charge in [-0.15, -0.1) is 0 Å². The lowest BCUT2D eigenvalue weighted by molar-refractivity contribution is -0.121. The summed E-state index contributed by atoms with van der Waals surface area (Å²) in [5.74, 6) is 0.325. The summed E-state index contributed by atoms with van der Waals surface area (Å²) in [6, 6.07) is 14.8. The number of hydrogen-bond acceptors (Lipinski definition) is 4. The molecule has 2 amide bonds. The molecular weight excluding hydrogens is 346 g/mol. The normalized spacial score (nSPS) is 16.1. The van der Waals surface area contributed by atoms with E-state index in [4.69, 9.17) is 16.3 Å². The Balaban J connectivity index is 1.83. The fourth-order valence-corrected chi connectivity index (χ4v) is 3.20. The summed E-state index contributed by atoms with van der Waals surface area (Å²) < 4.78 is 5.86. The first-order valence-corrected chi connectivity index (χ1v) is 8.42. The molecule has 0 radical (unpaired) electrons. The third-order valence-electron chi connectivity index (χ3n) is 3.53. The first-order chi connectivity index (χ1) is 11.6. The SMILES string of the molecule is CN1C(=O)S/C(=C\c2ccccc2OCc2ccccc2Cl)C1=O. The molecule has 1 saturated heterocycles. The highest BCUT2D eigenvalue weighted by molar-refractivity contribution is 8.18. The number of halogens is 1. The minimum Gasteiger partial charge on any atom is -0.488 e. The van der Waals surface area contributed by atoms with E-state index in [9.17, 15) is 9.59 Å². The van der Waals surface area contributed by atoms with Gasteiger partial charge in [-0.25, -0.2) is 0 Å². The monoisotopic (exact) mass is 359 g/mol. The van der Waals surface area contributed by atoms with Crippen molar-refractivity contribution >= 4 is 40.6 Å². The zero-order valence-electron chi connectivity index (χ0n) is 12.9. The van der Waals surface area contributed by atoms with Crippen LogP contribution in [0.15, 0.2) is 53.4 Å². The van der Waals surface area contributed by atoms with Gasteiger partial charge in [0.05, 0.1) is 4.91 Å². The molecule has 1 aliphatic rings. The van der Waals surface area contributed by atoms with Crippen LogP contribution in [0.4, 0.5) is 4.79 Å². The van der Waals surface area contributed by atoms with Gasteiger partial charge in [0, 0.05) is 23.2 Å². The van der Waals surface area contributed by atoms with Crippen LogP contribution in [0.1, 0.15) is 11.1 Å². The van der Waals surface area contributed by atoms with Gasteiger partial charge in [0.15, 0.2) is 0 Å². The lowest BCUT2D eigenvalue weighted by atomic mass is 10.1. The molecule has 0 N–H and O–H groups in total. The van der Waals surface area contributed by atoms with E-state index < -0.39 is 0 Å². The molecule has 0 atom stereocenters. The number of nitrogens with zero attached hydrogens (tertiary/aromatic N) is 1. The topological polar surface area (TPSA) is 46.6 Å². The predicted octanol–water partition coefficient (Wildman–Crippen LogP) is 4.59. The maximum absolute atomic E-state index is 12.0. The third-order valence-corrected chi connectivity index (χ3v) is 4.86. The van der Waals surface area contributed by atoms with E-state index in [0.29, 0.717) is 22.3 Å². The summed E-state index contributed by atoms with van der Waals surface area (Å²) in [6.45, 7) is 0.319. The lowest BCUT2D eigenvalue weighted by Crippen LogP contribution is -2.22. The predicted molar refractivity (Wildman–Crippen MR) is 96.0 cm³/mol. The van der Waals surface area contributed by atoms with Crippen molar-refractivity contribution < 1.29 is 14.3 Å². The van der Waals surface area contributed by atoms with Crippen molar-refractivity contribution in [1.82, 2.24) is 4.90 Å². The molecule has 4 nitrogen and oxygen atoms in total. The molecule has 24 heavy (non-hydrogen) atoms. The fraction of sp³-hybridized carbons (Fsp3) is 0.111. The maximum Gasteiger partial charge on any atom is 0.293 e. The van der Waals surface area contributed by atoms with Crippen LogP contribution in [0.5, 0.6) is 5.75 Å². The van der Waals surface area contributed by atoms with Gasteiger partial charge in [0.25, 0.3) is 11.1 Å². The number of thioether (sulfide) groups is 1. The maximum atomic E-state index is 12.0. The molecule has 6 heteroatoms. The van der Waals surface area contributed by atoms with Gasteiger partial charge in [-0.2, -0.15) is 0 Å². The molecule has 1 aliphatic heterocycles. The highest BCUT2D eigenvalue weighted by Crippen LogP contribution is 2.33. The molecule has 3 rings (SSSR count). The Morgan fingerprint density at radius 1 is 1.12 bits per heavy atom. The van der Waals surface area contributed by atoms with Crippen molar-refractivity contribution in [3.63, 3.8) is 0 Å². The van der Waals surface area contributed by atoms with Crippen molar-refractivity contribution in [3.8, 4) is 5.75 Å². The Kier molecular flexibility index (Phi) is 4.92. The molecule has 0 aliphatic carbocycles. The third kappa shape index (κ3) is 3.47. The van der Waals surface area contributed by atoms with E-state index >= 15 is 0 Å². The Morgan fingerprint density at radius 2 is 1.83 bits per heavy atom. The van der Waals surface area contributed by atoms with Gasteiger partial charge in [0.2, 0.25) is 0 Å². The molecule has 0 bridgehead atoms. The Morgan fingerprint density at radius 3 is 2.54 bits per heavy atom. The summed E-state index contributed by atoms with van der Waals surface area (Å²) in [6.07, 6.45) is 1.68. The number of hydrogen-bond donors (Lipinski definition) is 0. The smallest absolute Gasteiger partial charge is 0.293 e. The first-order valence-electron chi connectivity index (χ1n) is 7.23. The zero-order chi connectivity index (χ0) is 17.1. The van der Waals surface area contributed by atoms with Crippen LogP contribution in [-0.2, 0) is 11.4 Å². The van der Waals surface area contributed by atoms with Gasteiger partial charge in [-0.1, -0.05) is 48.0 Å². The molecule has 0 unspecified atom stereocenters. The van der Waals surface area contributed by atoms with Crippen LogP contribution in [-0.4, -0.2) is 23.1 Å². The van der Waals surface area contributed by atoms with E-state index in [-0.39, 0.29) is 11.1 Å². The Hall–Kier alpha value is -2.24. The molecule has 2 aromatic carbocycles. The summed E-state index contributed by atoms with van der Waals surface area (Å²) in [7, 11) is 1.47. The van der Waals surface area contributed by atoms with Crippen molar-refractivity contribution in [2.45, 2.75) is 6.61 Å². The molecule has 122 valence electrons.